The molecule has 0 aliphatic carbocycles. The smallest absolute Gasteiger partial charge is 0.289 e. The third-order valence-corrected chi connectivity index (χ3v) is 3.20. The Bertz CT molecular complexity index is 514. The van der Waals surface area contributed by atoms with Crippen LogP contribution in [-0.4, -0.2) is 15.3 Å². The number of carbonyl (C=O) groups is 1. The third-order valence-electron chi connectivity index (χ3n) is 1.92. The molecule has 0 aromatic heterocycles. The second-order valence-corrected chi connectivity index (χ2v) is 4.48. The number of phenolic OH excluding ortho intramolecular Hbond substituents is 1. The number of amides is 1. The number of phenols is 1. The van der Waals surface area contributed by atoms with Crippen LogP contribution in [0.15, 0.2) is 23.1 Å². The van der Waals surface area contributed by atoms with Crippen molar-refractivity contribution >= 4 is 40.3 Å². The van der Waals surface area contributed by atoms with Crippen molar-refractivity contribution in [1.29, 1.82) is 0 Å². The molecular formula is C10H6FNO2S2. The van der Waals surface area contributed by atoms with Gasteiger partial charge in [0.1, 0.15) is 16.6 Å². The van der Waals surface area contributed by atoms with Gasteiger partial charge in [0, 0.05) is 11.6 Å². The SMILES string of the molecule is O=C1NC(=S)/C(=C/c2ccc(F)cc2O)S1. The van der Waals surface area contributed by atoms with Crippen LogP contribution in [0.4, 0.5) is 9.18 Å². The van der Waals surface area contributed by atoms with E-state index in [0.29, 0.717) is 15.5 Å². The molecule has 3 nitrogen and oxygen atoms in total. The molecule has 16 heavy (non-hydrogen) atoms. The highest BCUT2D eigenvalue weighted by molar-refractivity contribution is 8.19. The van der Waals surface area contributed by atoms with Gasteiger partial charge in [-0.2, -0.15) is 0 Å². The van der Waals surface area contributed by atoms with Gasteiger partial charge < -0.3 is 10.4 Å². The number of aromatic hydroxyl groups is 1. The van der Waals surface area contributed by atoms with Crippen molar-refractivity contribution in [3.8, 4) is 5.75 Å². The van der Waals surface area contributed by atoms with Crippen molar-refractivity contribution in [3.63, 3.8) is 0 Å². The van der Waals surface area contributed by atoms with Gasteiger partial charge in [-0.1, -0.05) is 12.2 Å². The molecule has 1 amide bonds. The van der Waals surface area contributed by atoms with Gasteiger partial charge in [0.25, 0.3) is 5.24 Å². The molecule has 1 aromatic carbocycles. The van der Waals surface area contributed by atoms with Crippen molar-refractivity contribution in [2.24, 2.45) is 0 Å². The first-order valence-corrected chi connectivity index (χ1v) is 5.52. The molecule has 0 saturated carbocycles. The van der Waals surface area contributed by atoms with Crippen LogP contribution in [0.2, 0.25) is 0 Å². The summed E-state index contributed by atoms with van der Waals surface area (Å²) in [5.41, 5.74) is 0.419. The van der Waals surface area contributed by atoms with Gasteiger partial charge in [-0.3, -0.25) is 4.79 Å². The normalized spacial score (nSPS) is 17.9. The van der Waals surface area contributed by atoms with Crippen LogP contribution in [0.3, 0.4) is 0 Å². The topological polar surface area (TPSA) is 49.3 Å². The van der Waals surface area contributed by atoms with Gasteiger partial charge >= 0.3 is 0 Å². The molecule has 0 atom stereocenters. The van der Waals surface area contributed by atoms with E-state index in [0.717, 1.165) is 17.8 Å². The zero-order chi connectivity index (χ0) is 11.7. The minimum atomic E-state index is -0.518. The lowest BCUT2D eigenvalue weighted by atomic mass is 10.2. The summed E-state index contributed by atoms with van der Waals surface area (Å²) in [7, 11) is 0. The van der Waals surface area contributed by atoms with Crippen molar-refractivity contribution in [3.05, 3.63) is 34.5 Å². The van der Waals surface area contributed by atoms with Crippen molar-refractivity contribution in [1.82, 2.24) is 5.32 Å². The van der Waals surface area contributed by atoms with E-state index in [1.807, 2.05) is 0 Å². The highest BCUT2D eigenvalue weighted by Crippen LogP contribution is 2.29. The van der Waals surface area contributed by atoms with E-state index >= 15 is 0 Å². The summed E-state index contributed by atoms with van der Waals surface area (Å²) in [5.74, 6) is -0.703. The fourth-order valence-electron chi connectivity index (χ4n) is 1.20. The number of nitrogens with one attached hydrogen (secondary N) is 1. The summed E-state index contributed by atoms with van der Waals surface area (Å²) < 4.78 is 12.7. The quantitative estimate of drug-likeness (QED) is 0.598. The van der Waals surface area contributed by atoms with Gasteiger partial charge in [0.15, 0.2) is 0 Å². The predicted octanol–water partition coefficient (Wildman–Crippen LogP) is 2.66. The molecule has 1 saturated heterocycles. The average molecular weight is 255 g/mol. The van der Waals surface area contributed by atoms with Crippen LogP contribution in [0.5, 0.6) is 5.75 Å². The van der Waals surface area contributed by atoms with E-state index < -0.39 is 5.82 Å². The summed E-state index contributed by atoms with van der Waals surface area (Å²) >= 11 is 5.86. The van der Waals surface area contributed by atoms with E-state index in [9.17, 15) is 14.3 Å². The monoisotopic (exact) mass is 255 g/mol. The summed E-state index contributed by atoms with van der Waals surface area (Å²) in [6.07, 6.45) is 1.54. The van der Waals surface area contributed by atoms with Crippen molar-refractivity contribution < 1.29 is 14.3 Å². The zero-order valence-electron chi connectivity index (χ0n) is 7.86. The first-order valence-electron chi connectivity index (χ1n) is 4.29. The number of carbonyl (C=O) groups excluding carboxylic acids is 1. The summed E-state index contributed by atoms with van der Waals surface area (Å²) in [6.45, 7) is 0. The molecule has 0 spiro atoms. The van der Waals surface area contributed by atoms with Gasteiger partial charge in [-0.15, -0.1) is 0 Å². The molecule has 1 heterocycles. The van der Waals surface area contributed by atoms with Crippen LogP contribution >= 0.6 is 24.0 Å². The number of rotatable bonds is 1. The molecule has 0 unspecified atom stereocenters. The van der Waals surface area contributed by atoms with Gasteiger partial charge in [-0.25, -0.2) is 4.39 Å². The third kappa shape index (κ3) is 2.23. The first-order chi connectivity index (χ1) is 7.56. The Labute approximate surface area is 100 Å². The van der Waals surface area contributed by atoms with E-state index in [1.54, 1.807) is 6.08 Å². The minimum absolute atomic E-state index is 0.185. The average Bonchev–Trinajstić information content (AvgIpc) is 2.50. The highest BCUT2D eigenvalue weighted by atomic mass is 32.2. The number of thioether (sulfide) groups is 1. The van der Waals surface area contributed by atoms with Crippen LogP contribution in [-0.2, 0) is 0 Å². The summed E-state index contributed by atoms with van der Waals surface area (Å²) in [4.78, 5) is 11.9. The molecule has 6 heteroatoms. The number of thiocarbonyl (C=S) groups is 1. The lowest BCUT2D eigenvalue weighted by molar-refractivity contribution is 0.265. The number of halogens is 1. The largest absolute Gasteiger partial charge is 0.507 e. The van der Waals surface area contributed by atoms with Gasteiger partial charge in [-0.05, 0) is 30.0 Å². The van der Waals surface area contributed by atoms with Crippen LogP contribution < -0.4 is 5.32 Å². The number of hydrogen-bond acceptors (Lipinski definition) is 4. The van der Waals surface area contributed by atoms with Crippen LogP contribution in [0, 0.1) is 5.82 Å². The second kappa shape index (κ2) is 4.23. The standard InChI is InChI=1S/C10H6FNO2S2/c11-6-2-1-5(7(13)4-6)3-8-9(15)12-10(14)16-8/h1-4,13H,(H,12,14,15)/b8-3-. The Balaban J connectivity index is 2.36. The maximum absolute atomic E-state index is 12.7. The highest BCUT2D eigenvalue weighted by Gasteiger charge is 2.21. The first kappa shape index (κ1) is 11.1. The Hall–Kier alpha value is -1.40. The zero-order valence-corrected chi connectivity index (χ0v) is 9.49. The van der Waals surface area contributed by atoms with E-state index in [4.69, 9.17) is 12.2 Å². The molecule has 1 fully saturated rings. The lowest BCUT2D eigenvalue weighted by Gasteiger charge is -2.00. The van der Waals surface area contributed by atoms with Gasteiger partial charge in [0.05, 0.1) is 4.91 Å². The van der Waals surface area contributed by atoms with Crippen molar-refractivity contribution in [2.45, 2.75) is 0 Å². The van der Waals surface area contributed by atoms with Gasteiger partial charge in [0.2, 0.25) is 0 Å². The molecular weight excluding hydrogens is 249 g/mol. The van der Waals surface area contributed by atoms with Crippen LogP contribution in [0.25, 0.3) is 6.08 Å². The summed E-state index contributed by atoms with van der Waals surface area (Å²) in [6, 6.07) is 3.65. The molecule has 1 aliphatic heterocycles. The second-order valence-electron chi connectivity index (χ2n) is 3.06. The maximum Gasteiger partial charge on any atom is 0.289 e. The maximum atomic E-state index is 12.7. The van der Waals surface area contributed by atoms with E-state index in [1.165, 1.54) is 12.1 Å². The molecule has 1 aromatic rings. The Morgan fingerprint density at radius 3 is 2.81 bits per heavy atom. The molecule has 0 radical (unpaired) electrons. The molecule has 82 valence electrons. The summed E-state index contributed by atoms with van der Waals surface area (Å²) in [5, 5.41) is 11.7. The van der Waals surface area contributed by atoms with E-state index in [2.05, 4.69) is 5.32 Å². The number of hydrogen-bond donors (Lipinski definition) is 2. The Morgan fingerprint density at radius 1 is 1.50 bits per heavy atom. The predicted molar refractivity (Wildman–Crippen MR) is 64.8 cm³/mol. The van der Waals surface area contributed by atoms with Crippen LogP contribution in [0.1, 0.15) is 5.56 Å². The minimum Gasteiger partial charge on any atom is -0.507 e. The number of benzene rings is 1. The molecule has 2 rings (SSSR count). The van der Waals surface area contributed by atoms with Crippen molar-refractivity contribution in [2.75, 3.05) is 0 Å². The molecule has 2 N–H and O–H groups in total. The fourth-order valence-corrected chi connectivity index (χ4v) is 2.22. The van der Waals surface area contributed by atoms with E-state index in [-0.39, 0.29) is 11.0 Å². The fraction of sp³-hybridized carbons (Fsp3) is 0. The Morgan fingerprint density at radius 2 is 2.25 bits per heavy atom. The Kier molecular flexibility index (Phi) is 2.93. The lowest BCUT2D eigenvalue weighted by Crippen LogP contribution is -2.15. The molecule has 0 bridgehead atoms. The molecule has 1 aliphatic rings.